The Hall–Kier alpha value is -2.62. The van der Waals surface area contributed by atoms with Crippen molar-refractivity contribution in [1.82, 2.24) is 10.2 Å². The van der Waals surface area contributed by atoms with E-state index in [0.717, 1.165) is 43.2 Å². The van der Waals surface area contributed by atoms with Gasteiger partial charge in [-0.15, -0.1) is 0 Å². The minimum Gasteiger partial charge on any atom is -0.352 e. The van der Waals surface area contributed by atoms with Crippen LogP contribution in [0.3, 0.4) is 0 Å². The van der Waals surface area contributed by atoms with Crippen LogP contribution in [0.1, 0.15) is 62.1 Å². The van der Waals surface area contributed by atoms with Gasteiger partial charge in [0, 0.05) is 25.4 Å². The van der Waals surface area contributed by atoms with Crippen LogP contribution in [0.15, 0.2) is 54.6 Å². The van der Waals surface area contributed by atoms with Crippen LogP contribution in [0.25, 0.3) is 0 Å². The summed E-state index contributed by atoms with van der Waals surface area (Å²) in [5.74, 6) is 0.0166. The summed E-state index contributed by atoms with van der Waals surface area (Å²) in [5, 5.41) is 3.24. The second-order valence-corrected chi connectivity index (χ2v) is 8.45. The third-order valence-corrected chi connectivity index (χ3v) is 5.91. The van der Waals surface area contributed by atoms with E-state index in [1.54, 1.807) is 4.90 Å². The predicted octanol–water partition coefficient (Wildman–Crippen LogP) is 4.79. The van der Waals surface area contributed by atoms with Gasteiger partial charge in [-0.2, -0.15) is 0 Å². The Morgan fingerprint density at radius 1 is 1.00 bits per heavy atom. The molecule has 3 rings (SSSR count). The van der Waals surface area contributed by atoms with Crippen molar-refractivity contribution in [3.63, 3.8) is 0 Å². The van der Waals surface area contributed by atoms with Crippen molar-refractivity contribution in [2.45, 2.75) is 77.4 Å². The summed E-state index contributed by atoms with van der Waals surface area (Å²) in [4.78, 5) is 28.3. The second kappa shape index (κ2) is 11.0. The summed E-state index contributed by atoms with van der Waals surface area (Å²) in [6, 6.07) is 18.0. The number of hydrogen-bond acceptors (Lipinski definition) is 2. The Kier molecular flexibility index (Phi) is 8.06. The smallest absolute Gasteiger partial charge is 0.243 e. The van der Waals surface area contributed by atoms with E-state index >= 15 is 0 Å². The lowest BCUT2D eigenvalue weighted by molar-refractivity contribution is -0.141. The summed E-state index contributed by atoms with van der Waals surface area (Å²) < 4.78 is 0. The highest BCUT2D eigenvalue weighted by Gasteiger charge is 2.31. The monoisotopic (exact) mass is 406 g/mol. The highest BCUT2D eigenvalue weighted by atomic mass is 16.2. The van der Waals surface area contributed by atoms with Crippen molar-refractivity contribution >= 4 is 11.8 Å². The fourth-order valence-corrected chi connectivity index (χ4v) is 4.17. The molecule has 1 fully saturated rings. The van der Waals surface area contributed by atoms with Gasteiger partial charge in [0.1, 0.15) is 6.04 Å². The molecule has 4 nitrogen and oxygen atoms in total. The number of hydrogen-bond donors (Lipinski definition) is 1. The van der Waals surface area contributed by atoms with Gasteiger partial charge in [0.05, 0.1) is 0 Å². The average Bonchev–Trinajstić information content (AvgIpc) is 3.26. The normalized spacial score (nSPS) is 15.0. The van der Waals surface area contributed by atoms with E-state index in [0.29, 0.717) is 19.4 Å². The summed E-state index contributed by atoms with van der Waals surface area (Å²) in [6.07, 6.45) is 6.14. The summed E-state index contributed by atoms with van der Waals surface area (Å²) in [7, 11) is 0. The molecule has 1 atom stereocenters. The number of nitrogens with zero attached hydrogens (tertiary/aromatic N) is 1. The molecule has 1 aliphatic rings. The minimum absolute atomic E-state index is 0.0256. The third-order valence-electron chi connectivity index (χ3n) is 5.91. The molecular weight excluding hydrogens is 372 g/mol. The van der Waals surface area contributed by atoms with Crippen molar-refractivity contribution in [1.29, 1.82) is 0 Å². The third kappa shape index (κ3) is 6.19. The van der Waals surface area contributed by atoms with E-state index in [1.807, 2.05) is 37.3 Å². The largest absolute Gasteiger partial charge is 0.352 e. The average molecular weight is 407 g/mol. The zero-order valence-electron chi connectivity index (χ0n) is 18.3. The molecule has 0 bridgehead atoms. The number of aryl methyl sites for hydroxylation is 1. The fourth-order valence-electron chi connectivity index (χ4n) is 4.17. The zero-order chi connectivity index (χ0) is 21.3. The van der Waals surface area contributed by atoms with Crippen molar-refractivity contribution < 1.29 is 9.59 Å². The van der Waals surface area contributed by atoms with Crippen molar-refractivity contribution in [3.8, 4) is 0 Å². The maximum absolute atomic E-state index is 13.4. The molecule has 2 aromatic rings. The molecule has 0 unspecified atom stereocenters. The van der Waals surface area contributed by atoms with Crippen LogP contribution in [0.2, 0.25) is 0 Å². The van der Waals surface area contributed by atoms with Crippen LogP contribution in [0, 0.1) is 6.92 Å². The van der Waals surface area contributed by atoms with Crippen molar-refractivity contribution in [3.05, 3.63) is 71.3 Å². The van der Waals surface area contributed by atoms with E-state index in [4.69, 9.17) is 0 Å². The number of carbonyl (C=O) groups is 2. The van der Waals surface area contributed by atoms with Gasteiger partial charge in [-0.1, -0.05) is 79.9 Å². The molecule has 4 heteroatoms. The first-order valence-corrected chi connectivity index (χ1v) is 11.3. The minimum atomic E-state index is -0.506. The molecule has 30 heavy (non-hydrogen) atoms. The van der Waals surface area contributed by atoms with Crippen molar-refractivity contribution in [2.24, 2.45) is 0 Å². The molecule has 0 heterocycles. The van der Waals surface area contributed by atoms with E-state index in [1.165, 1.54) is 5.56 Å². The molecule has 1 N–H and O–H groups in total. The lowest BCUT2D eigenvalue weighted by Crippen LogP contribution is -2.52. The molecule has 2 aromatic carbocycles. The highest BCUT2D eigenvalue weighted by Crippen LogP contribution is 2.20. The van der Waals surface area contributed by atoms with Gasteiger partial charge in [0.25, 0.3) is 0 Å². The molecule has 160 valence electrons. The quantitative estimate of drug-likeness (QED) is 0.651. The van der Waals surface area contributed by atoms with Gasteiger partial charge >= 0.3 is 0 Å². The number of amides is 2. The maximum Gasteiger partial charge on any atom is 0.243 e. The molecule has 0 radical (unpaired) electrons. The van der Waals surface area contributed by atoms with Gasteiger partial charge < -0.3 is 10.2 Å². The first-order chi connectivity index (χ1) is 14.6. The molecule has 2 amide bonds. The zero-order valence-corrected chi connectivity index (χ0v) is 18.3. The van der Waals surface area contributed by atoms with E-state index < -0.39 is 6.04 Å². The van der Waals surface area contributed by atoms with Crippen LogP contribution in [-0.4, -0.2) is 28.8 Å². The van der Waals surface area contributed by atoms with Crippen LogP contribution < -0.4 is 5.32 Å². The summed E-state index contributed by atoms with van der Waals surface area (Å²) in [6.45, 7) is 4.51. The van der Waals surface area contributed by atoms with Crippen LogP contribution in [0.5, 0.6) is 0 Å². The maximum atomic E-state index is 13.4. The van der Waals surface area contributed by atoms with Gasteiger partial charge in [0.15, 0.2) is 0 Å². The molecule has 1 aliphatic carbocycles. The van der Waals surface area contributed by atoms with Gasteiger partial charge in [-0.25, -0.2) is 0 Å². The van der Waals surface area contributed by atoms with E-state index in [2.05, 4.69) is 36.5 Å². The van der Waals surface area contributed by atoms with Crippen molar-refractivity contribution in [2.75, 3.05) is 0 Å². The standard InChI is InChI=1S/C26H34N2O2/c1-3-9-25(29)28(19-22-16-14-20(2)15-17-22)24(18-21-10-5-4-6-11-21)26(30)27-23-12-7-8-13-23/h4-6,10-11,14-17,23-24H,3,7-9,12-13,18-19H2,1-2H3,(H,27,30)/t24-/m0/s1. The molecule has 0 aliphatic heterocycles. The fraction of sp³-hybridized carbons (Fsp3) is 0.462. The molecular formula is C26H34N2O2. The van der Waals surface area contributed by atoms with E-state index in [-0.39, 0.29) is 17.9 Å². The summed E-state index contributed by atoms with van der Waals surface area (Å²) >= 11 is 0. The van der Waals surface area contributed by atoms with Crippen LogP contribution in [0.4, 0.5) is 0 Å². The Balaban J connectivity index is 1.87. The Morgan fingerprint density at radius 2 is 1.67 bits per heavy atom. The Morgan fingerprint density at radius 3 is 2.30 bits per heavy atom. The van der Waals surface area contributed by atoms with Gasteiger partial charge in [0.2, 0.25) is 11.8 Å². The lowest BCUT2D eigenvalue weighted by atomic mass is 10.0. The number of rotatable bonds is 9. The predicted molar refractivity (Wildman–Crippen MR) is 121 cm³/mol. The first kappa shape index (κ1) is 22.1. The second-order valence-electron chi connectivity index (χ2n) is 8.45. The highest BCUT2D eigenvalue weighted by molar-refractivity contribution is 5.88. The summed E-state index contributed by atoms with van der Waals surface area (Å²) in [5.41, 5.74) is 3.31. The van der Waals surface area contributed by atoms with E-state index in [9.17, 15) is 9.59 Å². The molecule has 0 spiro atoms. The number of benzene rings is 2. The van der Waals surface area contributed by atoms with Gasteiger partial charge in [-0.3, -0.25) is 9.59 Å². The SMILES string of the molecule is CCCC(=O)N(Cc1ccc(C)cc1)[C@@H](Cc1ccccc1)C(=O)NC1CCCC1. The van der Waals surface area contributed by atoms with Crippen LogP contribution in [-0.2, 0) is 22.6 Å². The first-order valence-electron chi connectivity index (χ1n) is 11.3. The van der Waals surface area contributed by atoms with Crippen LogP contribution >= 0.6 is 0 Å². The van der Waals surface area contributed by atoms with Gasteiger partial charge in [-0.05, 0) is 37.3 Å². The molecule has 0 aromatic heterocycles. The number of carbonyl (C=O) groups excluding carboxylic acids is 2. The molecule has 1 saturated carbocycles. The lowest BCUT2D eigenvalue weighted by Gasteiger charge is -2.32. The topological polar surface area (TPSA) is 49.4 Å². The molecule has 0 saturated heterocycles. The Labute approximate surface area is 180 Å². The number of nitrogens with one attached hydrogen (secondary N) is 1. The Bertz CT molecular complexity index is 811.